The molecule has 3 atom stereocenters. The summed E-state index contributed by atoms with van der Waals surface area (Å²) in [5.41, 5.74) is 0.597. The Morgan fingerprint density at radius 2 is 2.06 bits per heavy atom. The van der Waals surface area contributed by atoms with E-state index in [2.05, 4.69) is 20.8 Å². The maximum absolute atomic E-state index is 12.0. The summed E-state index contributed by atoms with van der Waals surface area (Å²) in [6.07, 6.45) is 3.42. The van der Waals surface area contributed by atoms with Crippen molar-refractivity contribution in [1.82, 2.24) is 0 Å². The molecule has 0 spiro atoms. The molecular weight excluding hydrogens is 228 g/mol. The van der Waals surface area contributed by atoms with E-state index in [4.69, 9.17) is 9.47 Å². The second-order valence-corrected chi connectivity index (χ2v) is 6.30. The normalized spacial score (nSPS) is 34.6. The third-order valence-corrected chi connectivity index (χ3v) is 4.58. The minimum atomic E-state index is -0.216. The number of carbonyl (C=O) groups excluding carboxylic acids is 1. The lowest BCUT2D eigenvalue weighted by Crippen LogP contribution is -2.47. The Bertz CT molecular complexity index is 381. The Morgan fingerprint density at radius 1 is 1.39 bits per heavy atom. The van der Waals surface area contributed by atoms with Crippen molar-refractivity contribution >= 4 is 5.97 Å². The molecule has 0 saturated heterocycles. The average Bonchev–Trinajstić information content (AvgIpc) is 2.26. The smallest absolute Gasteiger partial charge is 0.337 e. The molecule has 1 saturated carbocycles. The number of esters is 1. The van der Waals surface area contributed by atoms with E-state index in [1.807, 2.05) is 6.92 Å². The molecule has 1 heterocycles. The molecule has 2 rings (SSSR count). The van der Waals surface area contributed by atoms with Crippen molar-refractivity contribution in [2.45, 2.75) is 52.6 Å². The monoisotopic (exact) mass is 252 g/mol. The lowest BCUT2D eigenvalue weighted by molar-refractivity contribution is -0.141. The van der Waals surface area contributed by atoms with E-state index >= 15 is 0 Å². The van der Waals surface area contributed by atoms with Gasteiger partial charge in [0.2, 0.25) is 0 Å². The van der Waals surface area contributed by atoms with Gasteiger partial charge in [0, 0.05) is 11.8 Å². The third kappa shape index (κ3) is 2.15. The van der Waals surface area contributed by atoms with Gasteiger partial charge in [0.15, 0.2) is 0 Å². The summed E-state index contributed by atoms with van der Waals surface area (Å²) in [5, 5.41) is 0. The van der Waals surface area contributed by atoms with Gasteiger partial charge in [-0.05, 0) is 39.5 Å². The molecule has 0 radical (unpaired) electrons. The molecule has 0 bridgehead atoms. The molecule has 1 aliphatic heterocycles. The van der Waals surface area contributed by atoms with E-state index in [1.54, 1.807) is 0 Å². The van der Waals surface area contributed by atoms with Crippen molar-refractivity contribution in [2.75, 3.05) is 7.11 Å². The van der Waals surface area contributed by atoms with E-state index in [-0.39, 0.29) is 11.6 Å². The molecule has 0 amide bonds. The Labute approximate surface area is 110 Å². The zero-order valence-electron chi connectivity index (χ0n) is 12.1. The Balaban J connectivity index is 2.40. The van der Waals surface area contributed by atoms with Gasteiger partial charge in [0.25, 0.3) is 0 Å². The van der Waals surface area contributed by atoms with Crippen LogP contribution in [0, 0.1) is 17.8 Å². The second-order valence-electron chi connectivity index (χ2n) is 6.30. The highest BCUT2D eigenvalue weighted by atomic mass is 16.5. The summed E-state index contributed by atoms with van der Waals surface area (Å²) >= 11 is 0. The van der Waals surface area contributed by atoms with Gasteiger partial charge < -0.3 is 9.47 Å². The first-order valence-electron chi connectivity index (χ1n) is 6.85. The van der Waals surface area contributed by atoms with Crippen molar-refractivity contribution < 1.29 is 14.3 Å². The zero-order valence-corrected chi connectivity index (χ0v) is 12.1. The number of ether oxygens (including phenoxy) is 2. The first kappa shape index (κ1) is 13.4. The molecule has 18 heavy (non-hydrogen) atoms. The van der Waals surface area contributed by atoms with Crippen LogP contribution in [0.1, 0.15) is 47.0 Å². The molecule has 0 aromatic carbocycles. The van der Waals surface area contributed by atoms with Crippen LogP contribution in [0.2, 0.25) is 0 Å². The summed E-state index contributed by atoms with van der Waals surface area (Å²) < 4.78 is 10.9. The van der Waals surface area contributed by atoms with Gasteiger partial charge in [-0.1, -0.05) is 13.3 Å². The number of hydrogen-bond acceptors (Lipinski definition) is 3. The predicted octanol–water partition coefficient (Wildman–Crippen LogP) is 3.29. The Kier molecular flexibility index (Phi) is 3.43. The van der Waals surface area contributed by atoms with Crippen LogP contribution in [-0.4, -0.2) is 18.7 Å². The highest BCUT2D eigenvalue weighted by Crippen LogP contribution is 2.49. The SMILES string of the molecule is COC(=O)C1=C(C)OC(C)(C)[C@@H]2CC[C@@H](C)C[C@@H]12. The van der Waals surface area contributed by atoms with Crippen LogP contribution in [0.5, 0.6) is 0 Å². The standard InChI is InChI=1S/C15H24O3/c1-9-6-7-12-11(8-9)13(14(16)17-5)10(2)18-15(12,3)4/h9,11-12H,6-8H2,1-5H3/t9-,11-,12-/m1/s1. The van der Waals surface area contributed by atoms with Crippen molar-refractivity contribution in [3.05, 3.63) is 11.3 Å². The molecule has 3 nitrogen and oxygen atoms in total. The van der Waals surface area contributed by atoms with Crippen LogP contribution in [0.3, 0.4) is 0 Å². The fraction of sp³-hybridized carbons (Fsp3) is 0.800. The molecule has 0 N–H and O–H groups in total. The number of fused-ring (bicyclic) bond motifs is 1. The van der Waals surface area contributed by atoms with E-state index in [0.29, 0.717) is 17.8 Å². The molecule has 102 valence electrons. The van der Waals surface area contributed by atoms with Crippen LogP contribution >= 0.6 is 0 Å². The molecule has 0 aromatic rings. The molecule has 1 aliphatic carbocycles. The van der Waals surface area contributed by atoms with E-state index in [9.17, 15) is 4.79 Å². The van der Waals surface area contributed by atoms with Crippen LogP contribution in [0.25, 0.3) is 0 Å². The topological polar surface area (TPSA) is 35.5 Å². The van der Waals surface area contributed by atoms with Gasteiger partial charge in [0.05, 0.1) is 12.7 Å². The van der Waals surface area contributed by atoms with Gasteiger partial charge in [-0.2, -0.15) is 0 Å². The van der Waals surface area contributed by atoms with E-state index in [0.717, 1.165) is 24.2 Å². The average molecular weight is 252 g/mol. The minimum absolute atomic E-state index is 0.174. The maximum Gasteiger partial charge on any atom is 0.337 e. The van der Waals surface area contributed by atoms with E-state index < -0.39 is 0 Å². The van der Waals surface area contributed by atoms with Crippen LogP contribution in [-0.2, 0) is 14.3 Å². The van der Waals surface area contributed by atoms with E-state index in [1.165, 1.54) is 13.5 Å². The van der Waals surface area contributed by atoms with Gasteiger partial charge >= 0.3 is 5.97 Å². The molecule has 0 unspecified atom stereocenters. The molecule has 3 heteroatoms. The van der Waals surface area contributed by atoms with Crippen LogP contribution < -0.4 is 0 Å². The van der Waals surface area contributed by atoms with Crippen LogP contribution in [0.15, 0.2) is 11.3 Å². The highest BCUT2D eigenvalue weighted by molar-refractivity contribution is 5.89. The number of hydrogen-bond donors (Lipinski definition) is 0. The number of methoxy groups -OCH3 is 1. The van der Waals surface area contributed by atoms with Crippen molar-refractivity contribution in [3.8, 4) is 0 Å². The van der Waals surface area contributed by atoms with Gasteiger partial charge in [0.1, 0.15) is 11.4 Å². The first-order valence-corrected chi connectivity index (χ1v) is 6.85. The fourth-order valence-corrected chi connectivity index (χ4v) is 3.72. The molecule has 0 aromatic heterocycles. The van der Waals surface area contributed by atoms with Crippen LogP contribution in [0.4, 0.5) is 0 Å². The largest absolute Gasteiger partial charge is 0.492 e. The lowest BCUT2D eigenvalue weighted by atomic mass is 9.64. The first-order chi connectivity index (χ1) is 8.36. The van der Waals surface area contributed by atoms with Crippen molar-refractivity contribution in [1.29, 1.82) is 0 Å². The molecular formula is C15H24O3. The summed E-state index contributed by atoms with van der Waals surface area (Å²) in [7, 11) is 1.45. The summed E-state index contributed by atoms with van der Waals surface area (Å²) in [4.78, 5) is 12.0. The molecule has 1 fully saturated rings. The minimum Gasteiger partial charge on any atom is -0.492 e. The Hall–Kier alpha value is -0.990. The Morgan fingerprint density at radius 3 is 2.67 bits per heavy atom. The molecule has 2 aliphatic rings. The summed E-state index contributed by atoms with van der Waals surface area (Å²) in [6.45, 7) is 8.43. The van der Waals surface area contributed by atoms with Crippen molar-refractivity contribution in [2.24, 2.45) is 17.8 Å². The maximum atomic E-state index is 12.0. The lowest BCUT2D eigenvalue weighted by Gasteiger charge is -2.48. The number of rotatable bonds is 1. The third-order valence-electron chi connectivity index (χ3n) is 4.58. The fourth-order valence-electron chi connectivity index (χ4n) is 3.72. The van der Waals surface area contributed by atoms with Gasteiger partial charge in [-0.3, -0.25) is 0 Å². The van der Waals surface area contributed by atoms with Gasteiger partial charge in [-0.25, -0.2) is 4.79 Å². The van der Waals surface area contributed by atoms with Gasteiger partial charge in [-0.15, -0.1) is 0 Å². The number of carbonyl (C=O) groups is 1. The predicted molar refractivity (Wildman–Crippen MR) is 69.9 cm³/mol. The number of allylic oxidation sites excluding steroid dienone is 1. The summed E-state index contributed by atoms with van der Waals surface area (Å²) in [5.74, 6) is 1.93. The quantitative estimate of drug-likeness (QED) is 0.672. The van der Waals surface area contributed by atoms with Crippen molar-refractivity contribution in [3.63, 3.8) is 0 Å². The zero-order chi connectivity index (χ0) is 13.5. The summed E-state index contributed by atoms with van der Waals surface area (Å²) in [6, 6.07) is 0. The second kappa shape index (κ2) is 4.60. The highest BCUT2D eigenvalue weighted by Gasteiger charge is 2.48.